The van der Waals surface area contributed by atoms with Crippen molar-refractivity contribution >= 4 is 28.9 Å². The summed E-state index contributed by atoms with van der Waals surface area (Å²) < 4.78 is 0. The summed E-state index contributed by atoms with van der Waals surface area (Å²) in [6, 6.07) is 17.6. The Kier molecular flexibility index (Phi) is 5.68. The van der Waals surface area contributed by atoms with Crippen LogP contribution in [0.15, 0.2) is 54.6 Å². The highest BCUT2D eigenvalue weighted by atomic mass is 32.1. The molecule has 1 saturated heterocycles. The van der Waals surface area contributed by atoms with Gasteiger partial charge < -0.3 is 25.7 Å². The minimum atomic E-state index is -1.06. The fourth-order valence-electron chi connectivity index (χ4n) is 4.28. The second kappa shape index (κ2) is 8.40. The molecule has 0 bridgehead atoms. The SMILES string of the molecule is N#Cc1cccc(N2C(=S)N[C@H]3[C@@H](O)[C@H](O)C[C@@H](C(=O)NCc4ccccc4)[C@H]32)c1. The number of hydrogen-bond donors (Lipinski definition) is 4. The van der Waals surface area contributed by atoms with Crippen LogP contribution < -0.4 is 15.5 Å². The molecule has 1 aliphatic carbocycles. The Bertz CT molecular complexity index is 993. The highest BCUT2D eigenvalue weighted by molar-refractivity contribution is 7.80. The first kappa shape index (κ1) is 20.3. The molecule has 1 aliphatic heterocycles. The number of carbonyl (C=O) groups excluding carboxylic acids is 1. The van der Waals surface area contributed by atoms with Gasteiger partial charge >= 0.3 is 0 Å². The van der Waals surface area contributed by atoms with Gasteiger partial charge in [-0.1, -0.05) is 36.4 Å². The number of carbonyl (C=O) groups is 1. The average molecular weight is 423 g/mol. The van der Waals surface area contributed by atoms with Crippen molar-refractivity contribution in [1.29, 1.82) is 5.26 Å². The number of hydrogen-bond acceptors (Lipinski definition) is 5. The molecule has 2 aromatic rings. The van der Waals surface area contributed by atoms with Crippen LogP contribution in [0.4, 0.5) is 5.69 Å². The van der Waals surface area contributed by atoms with Crippen molar-refractivity contribution in [3.05, 3.63) is 65.7 Å². The molecule has 7 nitrogen and oxygen atoms in total. The third-order valence-electron chi connectivity index (χ3n) is 5.74. The van der Waals surface area contributed by atoms with E-state index in [1.807, 2.05) is 36.4 Å². The number of benzene rings is 2. The van der Waals surface area contributed by atoms with Crippen molar-refractivity contribution in [2.45, 2.75) is 37.3 Å². The summed E-state index contributed by atoms with van der Waals surface area (Å²) in [7, 11) is 0. The van der Waals surface area contributed by atoms with E-state index in [9.17, 15) is 20.3 Å². The lowest BCUT2D eigenvalue weighted by atomic mass is 9.77. The quantitative estimate of drug-likeness (QED) is 0.546. The highest BCUT2D eigenvalue weighted by Gasteiger charge is 2.53. The van der Waals surface area contributed by atoms with E-state index in [4.69, 9.17) is 12.2 Å². The van der Waals surface area contributed by atoms with E-state index in [1.165, 1.54) is 0 Å². The number of thiocarbonyl (C=S) groups is 1. The summed E-state index contributed by atoms with van der Waals surface area (Å²) in [5, 5.41) is 36.5. The van der Waals surface area contributed by atoms with Crippen LogP contribution in [0.25, 0.3) is 0 Å². The second-order valence-corrected chi connectivity index (χ2v) is 7.99. The Morgan fingerprint density at radius 3 is 2.73 bits per heavy atom. The Balaban J connectivity index is 1.62. The number of aliphatic hydroxyl groups is 2. The third kappa shape index (κ3) is 3.75. The van der Waals surface area contributed by atoms with Crippen molar-refractivity contribution in [1.82, 2.24) is 10.6 Å². The molecule has 2 fully saturated rings. The van der Waals surface area contributed by atoms with Crippen LogP contribution in [-0.4, -0.2) is 45.5 Å². The summed E-state index contributed by atoms with van der Waals surface area (Å²) in [5.74, 6) is -0.816. The molecule has 0 spiro atoms. The topological polar surface area (TPSA) is 109 Å². The van der Waals surface area contributed by atoms with Crippen molar-refractivity contribution < 1.29 is 15.0 Å². The summed E-state index contributed by atoms with van der Waals surface area (Å²) in [5.41, 5.74) is 2.11. The molecule has 2 aromatic carbocycles. The number of nitriles is 1. The molecule has 154 valence electrons. The van der Waals surface area contributed by atoms with Gasteiger partial charge in [-0.2, -0.15) is 5.26 Å². The number of fused-ring (bicyclic) bond motifs is 1. The third-order valence-corrected chi connectivity index (χ3v) is 6.06. The molecule has 4 N–H and O–H groups in total. The molecule has 1 saturated carbocycles. The molecule has 0 radical (unpaired) electrons. The zero-order chi connectivity index (χ0) is 21.3. The predicted molar refractivity (Wildman–Crippen MR) is 115 cm³/mol. The van der Waals surface area contributed by atoms with Crippen LogP contribution in [-0.2, 0) is 11.3 Å². The Morgan fingerprint density at radius 1 is 1.23 bits per heavy atom. The average Bonchev–Trinajstić information content (AvgIpc) is 3.12. The fraction of sp³-hybridized carbons (Fsp3) is 0.318. The predicted octanol–water partition coefficient (Wildman–Crippen LogP) is 1.05. The maximum atomic E-state index is 13.1. The lowest BCUT2D eigenvalue weighted by Crippen LogP contribution is -2.60. The first-order chi connectivity index (χ1) is 14.5. The van der Waals surface area contributed by atoms with Gasteiger partial charge in [-0.25, -0.2) is 0 Å². The Hall–Kier alpha value is -2.99. The first-order valence-corrected chi connectivity index (χ1v) is 10.2. The van der Waals surface area contributed by atoms with Gasteiger partial charge in [0.05, 0.1) is 35.7 Å². The smallest absolute Gasteiger partial charge is 0.225 e. The van der Waals surface area contributed by atoms with E-state index in [-0.39, 0.29) is 12.3 Å². The molecular weight excluding hydrogens is 400 g/mol. The van der Waals surface area contributed by atoms with Crippen LogP contribution in [0.5, 0.6) is 0 Å². The standard InChI is InChI=1S/C22H22N4O3S/c23-11-14-7-4-8-15(9-14)26-19-16(10-17(27)20(28)18(19)25-22(26)30)21(29)24-12-13-5-2-1-3-6-13/h1-9,16-20,27-28H,10,12H2,(H,24,29)(H,25,30)/t16-,17-,18-,19-,20+/m1/s1. The lowest BCUT2D eigenvalue weighted by Gasteiger charge is -2.41. The van der Waals surface area contributed by atoms with Crippen molar-refractivity contribution in [3.8, 4) is 6.07 Å². The van der Waals surface area contributed by atoms with Gasteiger partial charge in [0.1, 0.15) is 6.10 Å². The molecule has 4 rings (SSSR count). The normalized spacial score (nSPS) is 27.7. The van der Waals surface area contributed by atoms with Gasteiger partial charge in [-0.15, -0.1) is 0 Å². The van der Waals surface area contributed by atoms with Crippen molar-refractivity contribution in [2.75, 3.05) is 4.90 Å². The van der Waals surface area contributed by atoms with E-state index in [0.717, 1.165) is 5.56 Å². The van der Waals surface area contributed by atoms with E-state index in [2.05, 4.69) is 16.7 Å². The van der Waals surface area contributed by atoms with Gasteiger partial charge in [-0.3, -0.25) is 4.79 Å². The molecule has 1 amide bonds. The number of amides is 1. The summed E-state index contributed by atoms with van der Waals surface area (Å²) in [4.78, 5) is 14.9. The zero-order valence-electron chi connectivity index (χ0n) is 16.1. The minimum Gasteiger partial charge on any atom is -0.390 e. The zero-order valence-corrected chi connectivity index (χ0v) is 16.9. The molecular formula is C22H22N4O3S. The summed E-state index contributed by atoms with van der Waals surface area (Å²) >= 11 is 5.50. The minimum absolute atomic E-state index is 0.113. The van der Waals surface area contributed by atoms with E-state index < -0.39 is 30.2 Å². The molecule has 0 unspecified atom stereocenters. The first-order valence-electron chi connectivity index (χ1n) is 9.77. The molecule has 30 heavy (non-hydrogen) atoms. The summed E-state index contributed by atoms with van der Waals surface area (Å²) in [6.45, 7) is 0.369. The van der Waals surface area contributed by atoms with Crippen molar-refractivity contribution in [2.24, 2.45) is 5.92 Å². The van der Waals surface area contributed by atoms with Gasteiger partial charge in [-0.05, 0) is 42.4 Å². The molecule has 5 atom stereocenters. The monoisotopic (exact) mass is 422 g/mol. The number of rotatable bonds is 4. The Morgan fingerprint density at radius 2 is 2.00 bits per heavy atom. The van der Waals surface area contributed by atoms with Gasteiger partial charge in [0.2, 0.25) is 5.91 Å². The van der Waals surface area contributed by atoms with Crippen LogP contribution in [0.1, 0.15) is 17.5 Å². The molecule has 0 aromatic heterocycles. The number of anilines is 1. The number of aliphatic hydroxyl groups excluding tert-OH is 2. The maximum Gasteiger partial charge on any atom is 0.225 e. The lowest BCUT2D eigenvalue weighted by molar-refractivity contribution is -0.131. The number of nitrogens with zero attached hydrogens (tertiary/aromatic N) is 2. The highest BCUT2D eigenvalue weighted by Crippen LogP contribution is 2.37. The van der Waals surface area contributed by atoms with E-state index in [0.29, 0.717) is 22.9 Å². The van der Waals surface area contributed by atoms with Gasteiger partial charge in [0.15, 0.2) is 5.11 Å². The van der Waals surface area contributed by atoms with Crippen LogP contribution in [0.3, 0.4) is 0 Å². The van der Waals surface area contributed by atoms with E-state index in [1.54, 1.807) is 23.1 Å². The van der Waals surface area contributed by atoms with Crippen LogP contribution in [0.2, 0.25) is 0 Å². The molecule has 1 heterocycles. The molecule has 8 heteroatoms. The Labute approximate surface area is 179 Å². The van der Waals surface area contributed by atoms with Gasteiger partial charge in [0.25, 0.3) is 0 Å². The number of nitrogens with one attached hydrogen (secondary N) is 2. The second-order valence-electron chi connectivity index (χ2n) is 7.60. The fourth-order valence-corrected chi connectivity index (χ4v) is 4.65. The maximum absolute atomic E-state index is 13.1. The van der Waals surface area contributed by atoms with E-state index >= 15 is 0 Å². The van der Waals surface area contributed by atoms with Crippen LogP contribution >= 0.6 is 12.2 Å². The van der Waals surface area contributed by atoms with Gasteiger partial charge in [0, 0.05) is 12.2 Å². The van der Waals surface area contributed by atoms with Crippen molar-refractivity contribution in [3.63, 3.8) is 0 Å². The largest absolute Gasteiger partial charge is 0.390 e. The molecule has 2 aliphatic rings. The summed E-state index contributed by atoms with van der Waals surface area (Å²) in [6.07, 6.45) is -1.99. The van der Waals surface area contributed by atoms with Crippen LogP contribution in [0, 0.1) is 17.2 Å².